The average Bonchev–Trinajstić information content (AvgIpc) is 2.73. The highest BCUT2D eigenvalue weighted by molar-refractivity contribution is 6.40. The maximum Gasteiger partial charge on any atom is 0.192 e. The van der Waals surface area contributed by atoms with Crippen molar-refractivity contribution in [3.05, 3.63) is 0 Å². The van der Waals surface area contributed by atoms with Gasteiger partial charge in [0.25, 0.3) is 0 Å². The lowest BCUT2D eigenvalue weighted by Gasteiger charge is -2.00. The molecule has 1 heterocycles. The zero-order valence-electron chi connectivity index (χ0n) is 5.65. The number of hydrogen-bond acceptors (Lipinski definition) is 4. The predicted octanol–water partition coefficient (Wildman–Crippen LogP) is -0.0602. The van der Waals surface area contributed by atoms with Crippen molar-refractivity contribution in [2.45, 2.75) is 6.92 Å². The minimum atomic E-state index is 0.333. The Labute approximate surface area is 58.2 Å². The number of amidine groups is 1. The molecule has 0 aromatic heterocycles. The highest BCUT2D eigenvalue weighted by atomic mass is 16.4. The number of nitrogens with zero attached hydrogens (tertiary/aromatic N) is 3. The topological polar surface area (TPSA) is 68.2 Å². The maximum absolute atomic E-state index is 8.39. The summed E-state index contributed by atoms with van der Waals surface area (Å²) in [7, 11) is 0. The minimum absolute atomic E-state index is 0.333. The summed E-state index contributed by atoms with van der Waals surface area (Å²) in [5.41, 5.74) is 0.333. The fourth-order valence-corrected chi connectivity index (χ4v) is 0.671. The van der Waals surface area contributed by atoms with Crippen LogP contribution in [0.4, 0.5) is 0 Å². The highest BCUT2D eigenvalue weighted by Crippen LogP contribution is 2.05. The second-order valence-electron chi connectivity index (χ2n) is 2.10. The van der Waals surface area contributed by atoms with Crippen molar-refractivity contribution >= 4 is 11.5 Å². The Morgan fingerprint density at radius 2 is 1.90 bits per heavy atom. The maximum atomic E-state index is 8.39. The zero-order valence-corrected chi connectivity index (χ0v) is 5.65. The molecule has 1 aliphatic heterocycles. The molecule has 1 aliphatic rings. The molecular formula is C5H9N3O2. The quantitative estimate of drug-likeness (QED) is 0.178. The summed E-state index contributed by atoms with van der Waals surface area (Å²) in [5, 5.41) is 22.6. The molecule has 0 aliphatic carbocycles. The Balaban J connectivity index is 2.65. The molecule has 0 bridgehead atoms. The molecular weight excluding hydrogens is 134 g/mol. The molecule has 5 heteroatoms. The second-order valence-corrected chi connectivity index (χ2v) is 2.10. The molecule has 0 aromatic rings. The molecule has 0 radical (unpaired) electrons. The fourth-order valence-electron chi connectivity index (χ4n) is 0.671. The van der Waals surface area contributed by atoms with Crippen molar-refractivity contribution in [1.29, 1.82) is 0 Å². The first-order valence-corrected chi connectivity index (χ1v) is 2.95. The summed E-state index contributed by atoms with van der Waals surface area (Å²) in [5.74, 6) is 0.350. The molecule has 0 aromatic carbocycles. The Morgan fingerprint density at radius 3 is 2.20 bits per heavy atom. The smallest absolute Gasteiger partial charge is 0.192 e. The van der Waals surface area contributed by atoms with E-state index in [1.165, 1.54) is 0 Å². The van der Waals surface area contributed by atoms with Crippen LogP contribution in [0.5, 0.6) is 0 Å². The minimum Gasteiger partial charge on any atom is -0.411 e. The molecule has 2 N–H and O–H groups in total. The largest absolute Gasteiger partial charge is 0.411 e. The van der Waals surface area contributed by atoms with Gasteiger partial charge in [-0.15, -0.1) is 0 Å². The van der Waals surface area contributed by atoms with E-state index in [9.17, 15) is 0 Å². The van der Waals surface area contributed by atoms with Crippen LogP contribution >= 0.6 is 0 Å². The molecule has 5 nitrogen and oxygen atoms in total. The van der Waals surface area contributed by atoms with E-state index in [0.29, 0.717) is 11.5 Å². The molecule has 0 amide bonds. The van der Waals surface area contributed by atoms with Crippen molar-refractivity contribution in [3.63, 3.8) is 0 Å². The first-order chi connectivity index (χ1) is 4.79. The molecule has 0 spiro atoms. The SMILES string of the molecule is CC(=NO)C(=NO)N1CC1. The predicted molar refractivity (Wildman–Crippen MR) is 35.7 cm³/mol. The van der Waals surface area contributed by atoms with Gasteiger partial charge in [0, 0.05) is 13.1 Å². The Bertz CT molecular complexity index is 183. The summed E-state index contributed by atoms with van der Waals surface area (Å²) < 4.78 is 0. The van der Waals surface area contributed by atoms with Gasteiger partial charge in [0.05, 0.1) is 0 Å². The van der Waals surface area contributed by atoms with Gasteiger partial charge < -0.3 is 15.3 Å². The van der Waals surface area contributed by atoms with Gasteiger partial charge in [0.2, 0.25) is 0 Å². The van der Waals surface area contributed by atoms with Gasteiger partial charge in [-0.2, -0.15) is 0 Å². The van der Waals surface area contributed by atoms with E-state index < -0.39 is 0 Å². The van der Waals surface area contributed by atoms with Crippen LogP contribution in [0, 0.1) is 0 Å². The number of hydrogen-bond donors (Lipinski definition) is 2. The standard InChI is InChI=1S/C5H9N3O2/c1-4(6-9)5(7-10)8-2-3-8/h9-10H,2-3H2,1H3. The Hall–Kier alpha value is -1.26. The molecule has 0 atom stereocenters. The lowest BCUT2D eigenvalue weighted by Crippen LogP contribution is -2.19. The third kappa shape index (κ3) is 1.18. The van der Waals surface area contributed by atoms with Gasteiger partial charge in [-0.1, -0.05) is 10.3 Å². The van der Waals surface area contributed by atoms with Gasteiger partial charge >= 0.3 is 0 Å². The summed E-state index contributed by atoms with van der Waals surface area (Å²) in [4.78, 5) is 1.79. The third-order valence-electron chi connectivity index (χ3n) is 1.32. The third-order valence-corrected chi connectivity index (χ3v) is 1.32. The average molecular weight is 143 g/mol. The Morgan fingerprint density at radius 1 is 1.30 bits per heavy atom. The highest BCUT2D eigenvalue weighted by Gasteiger charge is 2.24. The fraction of sp³-hybridized carbons (Fsp3) is 0.600. The molecule has 1 fully saturated rings. The van der Waals surface area contributed by atoms with Crippen LogP contribution in [0.25, 0.3) is 0 Å². The summed E-state index contributed by atoms with van der Waals surface area (Å²) >= 11 is 0. The van der Waals surface area contributed by atoms with Crippen LogP contribution in [0.1, 0.15) is 6.92 Å². The number of oxime groups is 2. The molecule has 56 valence electrons. The molecule has 1 rings (SSSR count). The van der Waals surface area contributed by atoms with E-state index in [0.717, 1.165) is 13.1 Å². The van der Waals surface area contributed by atoms with Crippen molar-refractivity contribution in [3.8, 4) is 0 Å². The van der Waals surface area contributed by atoms with Gasteiger partial charge in [0.15, 0.2) is 5.84 Å². The molecule has 0 unspecified atom stereocenters. The summed E-state index contributed by atoms with van der Waals surface area (Å²) in [6.45, 7) is 3.31. The van der Waals surface area contributed by atoms with E-state index >= 15 is 0 Å². The van der Waals surface area contributed by atoms with Crippen LogP contribution in [-0.2, 0) is 0 Å². The second kappa shape index (κ2) is 2.55. The van der Waals surface area contributed by atoms with Gasteiger partial charge in [-0.05, 0) is 6.92 Å². The van der Waals surface area contributed by atoms with Crippen LogP contribution in [-0.4, -0.2) is 40.0 Å². The van der Waals surface area contributed by atoms with Crippen molar-refractivity contribution in [1.82, 2.24) is 4.90 Å². The van der Waals surface area contributed by atoms with Crippen molar-refractivity contribution in [2.75, 3.05) is 13.1 Å². The van der Waals surface area contributed by atoms with E-state index in [4.69, 9.17) is 10.4 Å². The molecule has 0 saturated carbocycles. The van der Waals surface area contributed by atoms with Crippen molar-refractivity contribution < 1.29 is 10.4 Å². The van der Waals surface area contributed by atoms with Crippen LogP contribution in [0.2, 0.25) is 0 Å². The van der Waals surface area contributed by atoms with Gasteiger partial charge in [-0.25, -0.2) is 0 Å². The van der Waals surface area contributed by atoms with Crippen LogP contribution < -0.4 is 0 Å². The normalized spacial score (nSPS) is 19.5. The monoisotopic (exact) mass is 143 g/mol. The van der Waals surface area contributed by atoms with Gasteiger partial charge in [-0.3, -0.25) is 0 Å². The summed E-state index contributed by atoms with van der Waals surface area (Å²) in [6.07, 6.45) is 0. The van der Waals surface area contributed by atoms with Crippen molar-refractivity contribution in [2.24, 2.45) is 10.3 Å². The molecule has 1 saturated heterocycles. The van der Waals surface area contributed by atoms with Gasteiger partial charge in [0.1, 0.15) is 5.71 Å². The lowest BCUT2D eigenvalue weighted by molar-refractivity contribution is 0.310. The summed E-state index contributed by atoms with van der Waals surface area (Å²) in [6, 6.07) is 0. The van der Waals surface area contributed by atoms with E-state index in [2.05, 4.69) is 10.3 Å². The Kier molecular flexibility index (Phi) is 1.75. The van der Waals surface area contributed by atoms with Crippen LogP contribution in [0.3, 0.4) is 0 Å². The first kappa shape index (κ1) is 6.85. The zero-order chi connectivity index (χ0) is 7.56. The van der Waals surface area contributed by atoms with E-state index in [1.54, 1.807) is 11.8 Å². The molecule has 10 heavy (non-hydrogen) atoms. The van der Waals surface area contributed by atoms with Crippen LogP contribution in [0.15, 0.2) is 10.3 Å². The first-order valence-electron chi connectivity index (χ1n) is 2.95. The van der Waals surface area contributed by atoms with E-state index in [-0.39, 0.29) is 0 Å². The number of rotatable bonds is 1. The van der Waals surface area contributed by atoms with E-state index in [1.807, 2.05) is 0 Å². The lowest BCUT2D eigenvalue weighted by atomic mass is 10.4.